The van der Waals surface area contributed by atoms with E-state index < -0.39 is 0 Å². The number of carbonyl (C=O) groups excluding carboxylic acids is 1. The molecule has 1 aromatic rings. The van der Waals surface area contributed by atoms with Crippen molar-refractivity contribution < 1.29 is 9.32 Å². The predicted molar refractivity (Wildman–Crippen MR) is 73.7 cm³/mol. The Kier molecular flexibility index (Phi) is 7.93. The van der Waals surface area contributed by atoms with E-state index >= 15 is 0 Å². The second-order valence-corrected chi connectivity index (χ2v) is 3.91. The molecule has 0 spiro atoms. The van der Waals surface area contributed by atoms with E-state index in [2.05, 4.69) is 20.7 Å². The molecule has 6 nitrogen and oxygen atoms in total. The number of aromatic nitrogens is 1. The summed E-state index contributed by atoms with van der Waals surface area (Å²) in [5, 5.41) is 9.62. The van der Waals surface area contributed by atoms with Crippen molar-refractivity contribution in [3.63, 3.8) is 0 Å². The SMILES string of the molecule is Cc1cc(NC(=O)CN2CCNCC2)on1.Cl.Cl. The lowest BCUT2D eigenvalue weighted by Crippen LogP contribution is -2.46. The predicted octanol–water partition coefficient (Wildman–Crippen LogP) is 0.670. The molecule has 104 valence electrons. The van der Waals surface area contributed by atoms with E-state index in [0.717, 1.165) is 31.9 Å². The molecule has 1 fully saturated rings. The Balaban J connectivity index is 0.00000144. The summed E-state index contributed by atoms with van der Waals surface area (Å²) in [6.07, 6.45) is 0. The van der Waals surface area contributed by atoms with Gasteiger partial charge in [0, 0.05) is 32.2 Å². The van der Waals surface area contributed by atoms with Crippen LogP contribution < -0.4 is 10.6 Å². The van der Waals surface area contributed by atoms with Crippen LogP contribution in [0.5, 0.6) is 0 Å². The van der Waals surface area contributed by atoms with Gasteiger partial charge >= 0.3 is 0 Å². The van der Waals surface area contributed by atoms with Crippen LogP contribution in [0.4, 0.5) is 5.88 Å². The first-order valence-corrected chi connectivity index (χ1v) is 5.40. The molecular formula is C10H18Cl2N4O2. The second kappa shape index (κ2) is 8.31. The van der Waals surface area contributed by atoms with E-state index in [-0.39, 0.29) is 30.7 Å². The fraction of sp³-hybridized carbons (Fsp3) is 0.600. The van der Waals surface area contributed by atoms with Crippen LogP contribution in [0.25, 0.3) is 0 Å². The van der Waals surface area contributed by atoms with Crippen LogP contribution in [0.15, 0.2) is 10.6 Å². The van der Waals surface area contributed by atoms with Gasteiger partial charge in [0.1, 0.15) is 0 Å². The summed E-state index contributed by atoms with van der Waals surface area (Å²) in [7, 11) is 0. The summed E-state index contributed by atoms with van der Waals surface area (Å²) in [5.74, 6) is 0.357. The molecule has 18 heavy (non-hydrogen) atoms. The quantitative estimate of drug-likeness (QED) is 0.858. The third-order valence-electron chi connectivity index (χ3n) is 2.47. The first-order valence-electron chi connectivity index (χ1n) is 5.40. The molecule has 0 aliphatic carbocycles. The van der Waals surface area contributed by atoms with Gasteiger partial charge in [-0.3, -0.25) is 15.0 Å². The van der Waals surface area contributed by atoms with Crippen molar-refractivity contribution in [2.45, 2.75) is 6.92 Å². The Morgan fingerprint density at radius 2 is 2.17 bits per heavy atom. The molecule has 1 aromatic heterocycles. The molecule has 0 aromatic carbocycles. The Labute approximate surface area is 118 Å². The van der Waals surface area contributed by atoms with Gasteiger partial charge < -0.3 is 9.84 Å². The van der Waals surface area contributed by atoms with E-state index in [1.807, 2.05) is 6.92 Å². The first-order chi connectivity index (χ1) is 7.74. The molecule has 1 aliphatic heterocycles. The molecule has 1 amide bonds. The van der Waals surface area contributed by atoms with Crippen molar-refractivity contribution in [3.05, 3.63) is 11.8 Å². The van der Waals surface area contributed by atoms with Gasteiger partial charge in [0.05, 0.1) is 12.2 Å². The van der Waals surface area contributed by atoms with Crippen LogP contribution in [0.1, 0.15) is 5.69 Å². The zero-order valence-electron chi connectivity index (χ0n) is 10.1. The number of rotatable bonds is 3. The largest absolute Gasteiger partial charge is 0.338 e. The molecular weight excluding hydrogens is 279 g/mol. The van der Waals surface area contributed by atoms with Crippen molar-refractivity contribution in [1.82, 2.24) is 15.4 Å². The van der Waals surface area contributed by atoms with Crippen molar-refractivity contribution in [2.75, 3.05) is 38.0 Å². The van der Waals surface area contributed by atoms with Gasteiger partial charge in [0.25, 0.3) is 0 Å². The number of nitrogens with one attached hydrogen (secondary N) is 2. The van der Waals surface area contributed by atoms with Crippen molar-refractivity contribution >= 4 is 36.6 Å². The van der Waals surface area contributed by atoms with Crippen molar-refractivity contribution in [2.24, 2.45) is 0 Å². The molecule has 1 aliphatic rings. The van der Waals surface area contributed by atoms with Gasteiger partial charge in [-0.2, -0.15) is 0 Å². The summed E-state index contributed by atoms with van der Waals surface area (Å²) >= 11 is 0. The van der Waals surface area contributed by atoms with Crippen molar-refractivity contribution in [1.29, 1.82) is 0 Å². The highest BCUT2D eigenvalue weighted by atomic mass is 35.5. The average Bonchev–Trinajstić information content (AvgIpc) is 2.65. The third kappa shape index (κ3) is 5.22. The average molecular weight is 297 g/mol. The van der Waals surface area contributed by atoms with E-state index in [0.29, 0.717) is 12.4 Å². The van der Waals surface area contributed by atoms with E-state index in [9.17, 15) is 4.79 Å². The maximum atomic E-state index is 11.6. The highest BCUT2D eigenvalue weighted by Crippen LogP contribution is 2.08. The number of amides is 1. The Morgan fingerprint density at radius 3 is 2.72 bits per heavy atom. The smallest absolute Gasteiger partial charge is 0.240 e. The summed E-state index contributed by atoms with van der Waals surface area (Å²) in [4.78, 5) is 13.7. The number of anilines is 1. The lowest BCUT2D eigenvalue weighted by Gasteiger charge is -2.26. The molecule has 0 saturated carbocycles. The summed E-state index contributed by atoms with van der Waals surface area (Å²) in [6, 6.07) is 1.70. The minimum absolute atomic E-state index is 0. The normalized spacial score (nSPS) is 15.4. The summed E-state index contributed by atoms with van der Waals surface area (Å²) in [6.45, 7) is 5.91. The third-order valence-corrected chi connectivity index (χ3v) is 2.47. The maximum absolute atomic E-state index is 11.6. The molecule has 1 saturated heterocycles. The number of aryl methyl sites for hydroxylation is 1. The van der Waals surface area contributed by atoms with Gasteiger partial charge in [-0.25, -0.2) is 0 Å². The number of hydrogen-bond donors (Lipinski definition) is 2. The van der Waals surface area contributed by atoms with Crippen LogP contribution in [-0.4, -0.2) is 48.7 Å². The molecule has 0 radical (unpaired) electrons. The van der Waals surface area contributed by atoms with Gasteiger partial charge in [0.2, 0.25) is 11.8 Å². The molecule has 0 bridgehead atoms. The topological polar surface area (TPSA) is 70.4 Å². The zero-order chi connectivity index (χ0) is 11.4. The number of halogens is 2. The summed E-state index contributed by atoms with van der Waals surface area (Å²) < 4.78 is 4.91. The van der Waals surface area contributed by atoms with Crippen LogP contribution >= 0.6 is 24.8 Å². The van der Waals surface area contributed by atoms with Gasteiger partial charge in [-0.05, 0) is 6.92 Å². The maximum Gasteiger partial charge on any atom is 0.240 e. The molecule has 0 atom stereocenters. The van der Waals surface area contributed by atoms with E-state index in [1.165, 1.54) is 0 Å². The van der Waals surface area contributed by atoms with Crippen LogP contribution in [0, 0.1) is 6.92 Å². The molecule has 8 heteroatoms. The zero-order valence-corrected chi connectivity index (χ0v) is 11.8. The Morgan fingerprint density at radius 1 is 1.50 bits per heavy atom. The molecule has 0 unspecified atom stereocenters. The van der Waals surface area contributed by atoms with Crippen LogP contribution in [0.3, 0.4) is 0 Å². The van der Waals surface area contributed by atoms with Crippen molar-refractivity contribution in [3.8, 4) is 0 Å². The van der Waals surface area contributed by atoms with Gasteiger partial charge in [-0.1, -0.05) is 5.16 Å². The number of carbonyl (C=O) groups is 1. The first kappa shape index (κ1) is 17.2. The van der Waals surface area contributed by atoms with E-state index in [4.69, 9.17) is 4.52 Å². The minimum Gasteiger partial charge on any atom is -0.338 e. The van der Waals surface area contributed by atoms with E-state index in [1.54, 1.807) is 6.07 Å². The van der Waals surface area contributed by atoms with Crippen LogP contribution in [0.2, 0.25) is 0 Å². The Bertz CT molecular complexity index is 367. The molecule has 2 heterocycles. The standard InChI is InChI=1S/C10H16N4O2.2ClH/c1-8-6-10(16-13-8)12-9(15)7-14-4-2-11-3-5-14;;/h6,11H,2-5,7H2,1H3,(H,12,15);2*1H. The number of nitrogens with zero attached hydrogens (tertiary/aromatic N) is 2. The number of piperazine rings is 1. The van der Waals surface area contributed by atoms with Gasteiger partial charge in [-0.15, -0.1) is 24.8 Å². The molecule has 2 rings (SSSR count). The molecule has 2 N–H and O–H groups in total. The highest BCUT2D eigenvalue weighted by molar-refractivity contribution is 5.90. The fourth-order valence-electron chi connectivity index (χ4n) is 1.67. The minimum atomic E-state index is -0.0574. The monoisotopic (exact) mass is 296 g/mol. The second-order valence-electron chi connectivity index (χ2n) is 3.91. The highest BCUT2D eigenvalue weighted by Gasteiger charge is 2.14. The lowest BCUT2D eigenvalue weighted by molar-refractivity contribution is -0.117. The van der Waals surface area contributed by atoms with Gasteiger partial charge in [0.15, 0.2) is 0 Å². The lowest BCUT2D eigenvalue weighted by atomic mass is 10.3. The summed E-state index contributed by atoms with van der Waals surface area (Å²) in [5.41, 5.74) is 0.762. The fourth-order valence-corrected chi connectivity index (χ4v) is 1.67. The number of hydrogen-bond acceptors (Lipinski definition) is 5. The Hall–Kier alpha value is -0.820. The van der Waals surface area contributed by atoms with Crippen LogP contribution in [-0.2, 0) is 4.79 Å².